The quantitative estimate of drug-likeness (QED) is 0.104. The molecule has 2 aliphatic rings. The topological polar surface area (TPSA) is 168 Å². The molecule has 2 heterocycles. The van der Waals surface area contributed by atoms with Crippen molar-refractivity contribution in [2.45, 2.75) is 57.3 Å². The molecule has 0 saturated carbocycles. The first-order valence-electron chi connectivity index (χ1n) is 15.2. The largest absolute Gasteiger partial charge is 0.494 e. The highest BCUT2D eigenvalue weighted by Gasteiger charge is 2.53. The number of azide groups is 1. The van der Waals surface area contributed by atoms with Crippen molar-refractivity contribution < 1.29 is 33.6 Å². The molecule has 242 valence electrons. The molecule has 0 aliphatic carbocycles. The lowest BCUT2D eigenvalue weighted by molar-refractivity contribution is -0.155. The van der Waals surface area contributed by atoms with E-state index in [-0.39, 0.29) is 31.0 Å². The lowest BCUT2D eigenvalue weighted by atomic mass is 9.82. The average Bonchev–Trinajstić information content (AvgIpc) is 3.41. The van der Waals surface area contributed by atoms with Gasteiger partial charge in [-0.15, -0.1) is 0 Å². The van der Waals surface area contributed by atoms with Gasteiger partial charge in [-0.05, 0) is 57.0 Å². The number of aliphatic hydroxyl groups excluding tert-OH is 1. The van der Waals surface area contributed by atoms with E-state index in [9.17, 15) is 15.1 Å². The fraction of sp³-hybridized carbons (Fsp3) is 0.531. The van der Waals surface area contributed by atoms with Crippen LogP contribution in [-0.2, 0) is 23.8 Å². The molecule has 1 fully saturated rings. The van der Waals surface area contributed by atoms with Crippen molar-refractivity contribution in [1.29, 1.82) is 0 Å². The Kier molecular flexibility index (Phi) is 11.8. The van der Waals surface area contributed by atoms with Crippen molar-refractivity contribution in [2.75, 3.05) is 52.6 Å². The number of aliphatic imine (C=N–C) groups is 1. The summed E-state index contributed by atoms with van der Waals surface area (Å²) in [6, 6.07) is 13.9. The van der Waals surface area contributed by atoms with Gasteiger partial charge in [0.2, 0.25) is 5.90 Å². The summed E-state index contributed by atoms with van der Waals surface area (Å²) >= 11 is 0. The molecule has 2 aliphatic heterocycles. The first kappa shape index (κ1) is 33.7. The second-order valence-corrected chi connectivity index (χ2v) is 11.8. The number of amides is 1. The minimum Gasteiger partial charge on any atom is -0.494 e. The van der Waals surface area contributed by atoms with Crippen LogP contribution in [0, 0.1) is 0 Å². The number of esters is 1. The molecule has 1 saturated heterocycles. The Balaban J connectivity index is 1.71. The number of nitrogens with one attached hydrogen (secondary N) is 1. The molecule has 2 N–H and O–H groups in total. The number of hydrogen-bond donors (Lipinski definition) is 2. The lowest BCUT2D eigenvalue weighted by Crippen LogP contribution is -2.50. The monoisotopic (exact) mass is 622 g/mol. The summed E-state index contributed by atoms with van der Waals surface area (Å²) in [4.78, 5) is 37.4. The van der Waals surface area contributed by atoms with Gasteiger partial charge in [-0.25, -0.2) is 4.99 Å². The third kappa shape index (κ3) is 9.18. The summed E-state index contributed by atoms with van der Waals surface area (Å²) in [6.45, 7) is 9.52. The second kappa shape index (κ2) is 15.7. The van der Waals surface area contributed by atoms with E-state index in [0.29, 0.717) is 56.2 Å². The average molecular weight is 623 g/mol. The van der Waals surface area contributed by atoms with Crippen LogP contribution in [0.5, 0.6) is 5.75 Å². The number of aliphatic hydroxyl groups is 1. The number of carbonyl (C=O) groups excluding carboxylic acids is 2. The third-order valence-electron chi connectivity index (χ3n) is 7.35. The number of hydrogen-bond acceptors (Lipinski definition) is 10. The Morgan fingerprint density at radius 3 is 2.60 bits per heavy atom. The van der Waals surface area contributed by atoms with Gasteiger partial charge in [0.15, 0.2) is 11.6 Å². The van der Waals surface area contributed by atoms with Gasteiger partial charge in [-0.1, -0.05) is 29.4 Å². The van der Waals surface area contributed by atoms with Gasteiger partial charge < -0.3 is 29.4 Å². The number of morpholine rings is 1. The van der Waals surface area contributed by atoms with E-state index >= 15 is 0 Å². The van der Waals surface area contributed by atoms with Crippen LogP contribution < -0.4 is 10.1 Å². The zero-order chi connectivity index (χ0) is 32.3. The molecule has 0 spiro atoms. The van der Waals surface area contributed by atoms with Gasteiger partial charge in [0, 0.05) is 67.4 Å². The molecule has 45 heavy (non-hydrogen) atoms. The second-order valence-electron chi connectivity index (χ2n) is 11.8. The highest BCUT2D eigenvalue weighted by Crippen LogP contribution is 2.46. The summed E-state index contributed by atoms with van der Waals surface area (Å²) in [6.07, 6.45) is -0.635. The van der Waals surface area contributed by atoms with Crippen LogP contribution in [0.4, 0.5) is 5.69 Å². The van der Waals surface area contributed by atoms with Crippen molar-refractivity contribution in [3.05, 3.63) is 70.1 Å². The Hall–Kier alpha value is -4.16. The molecular weight excluding hydrogens is 580 g/mol. The number of carbonyl (C=O) groups is 2. The fourth-order valence-corrected chi connectivity index (χ4v) is 5.19. The van der Waals surface area contributed by atoms with Crippen LogP contribution in [-0.4, -0.2) is 91.5 Å². The van der Waals surface area contributed by atoms with Gasteiger partial charge in [0.25, 0.3) is 5.91 Å². The normalized spacial score (nSPS) is 20.0. The van der Waals surface area contributed by atoms with E-state index in [1.165, 1.54) is 0 Å². The maximum Gasteiger partial charge on any atom is 0.306 e. The molecule has 2 aromatic carbocycles. The van der Waals surface area contributed by atoms with Crippen molar-refractivity contribution >= 4 is 23.5 Å². The van der Waals surface area contributed by atoms with E-state index in [2.05, 4.69) is 20.2 Å². The van der Waals surface area contributed by atoms with Crippen LogP contribution in [0.1, 0.15) is 57.3 Å². The molecule has 1 amide bonds. The van der Waals surface area contributed by atoms with Crippen LogP contribution in [0.25, 0.3) is 10.4 Å². The molecule has 0 aromatic heterocycles. The third-order valence-corrected chi connectivity index (χ3v) is 7.35. The summed E-state index contributed by atoms with van der Waals surface area (Å²) in [5.74, 6) is -0.0876. The van der Waals surface area contributed by atoms with E-state index in [1.54, 1.807) is 69.3 Å². The van der Waals surface area contributed by atoms with Crippen LogP contribution >= 0.6 is 0 Å². The van der Waals surface area contributed by atoms with Gasteiger partial charge >= 0.3 is 5.97 Å². The lowest BCUT2D eigenvalue weighted by Gasteiger charge is -2.32. The van der Waals surface area contributed by atoms with E-state index in [0.717, 1.165) is 13.1 Å². The molecule has 2 aromatic rings. The van der Waals surface area contributed by atoms with Crippen molar-refractivity contribution in [2.24, 2.45) is 10.1 Å². The minimum atomic E-state index is -1.59. The van der Waals surface area contributed by atoms with Gasteiger partial charge in [-0.3, -0.25) is 14.5 Å². The van der Waals surface area contributed by atoms with Crippen molar-refractivity contribution in [1.82, 2.24) is 10.2 Å². The van der Waals surface area contributed by atoms with Crippen LogP contribution in [0.2, 0.25) is 0 Å². The summed E-state index contributed by atoms with van der Waals surface area (Å²) < 4.78 is 23.1. The van der Waals surface area contributed by atoms with E-state index in [1.807, 2.05) is 0 Å². The fourth-order valence-electron chi connectivity index (χ4n) is 5.19. The number of ether oxygens (including phenoxy) is 4. The molecular formula is C32H42N6O7. The minimum absolute atomic E-state index is 0.0214. The zero-order valence-electron chi connectivity index (χ0n) is 26.1. The van der Waals surface area contributed by atoms with Gasteiger partial charge in [0.05, 0.1) is 19.8 Å². The Labute approximate surface area is 263 Å². The number of benzene rings is 2. The summed E-state index contributed by atoms with van der Waals surface area (Å²) in [5.41, 5.74) is 8.34. The molecule has 0 radical (unpaired) electrons. The molecule has 2 atom stereocenters. The zero-order valence-corrected chi connectivity index (χ0v) is 26.1. The maximum absolute atomic E-state index is 14.3. The number of nitrogens with zero attached hydrogens (tertiary/aromatic N) is 5. The molecule has 13 nitrogen and oxygen atoms in total. The van der Waals surface area contributed by atoms with E-state index in [4.69, 9.17) is 29.0 Å². The molecule has 0 unspecified atom stereocenters. The molecule has 4 rings (SSSR count). The summed E-state index contributed by atoms with van der Waals surface area (Å²) in [7, 11) is 0. The predicted molar refractivity (Wildman–Crippen MR) is 167 cm³/mol. The SMILES string of the molecule is CC(C)(C)OC(=O)CC[C@@]1(C(=O)NCCN2CCOCC2)N=C(c2ccc(OCCCO)cc2)O[C@@H]1c1ccccc1N=[N+]=[N-]. The Morgan fingerprint density at radius 2 is 1.91 bits per heavy atom. The molecule has 13 heteroatoms. The van der Waals surface area contributed by atoms with Gasteiger partial charge in [0.1, 0.15) is 11.4 Å². The Morgan fingerprint density at radius 1 is 1.18 bits per heavy atom. The van der Waals surface area contributed by atoms with Crippen LogP contribution in [0.15, 0.2) is 58.6 Å². The highest BCUT2D eigenvalue weighted by atomic mass is 16.6. The first-order valence-corrected chi connectivity index (χ1v) is 15.2. The Bertz CT molecular complexity index is 1380. The standard InChI is InChI=1S/C32H42N6O7/c1-31(2,3)45-27(40)13-14-32(30(41)34-15-16-38-17-21-42-22-18-38)28(25-7-4-5-8-26(25)36-37-33)44-29(35-32)23-9-11-24(12-10-23)43-20-6-19-39/h4-5,7-12,28,39H,6,13-22H2,1-3H3,(H,34,41)/t28-,32-/m1/s1. The van der Waals surface area contributed by atoms with Crippen molar-refractivity contribution in [3.63, 3.8) is 0 Å². The van der Waals surface area contributed by atoms with E-state index < -0.39 is 29.1 Å². The first-order chi connectivity index (χ1) is 21.6. The van der Waals surface area contributed by atoms with Gasteiger partial charge in [-0.2, -0.15) is 0 Å². The maximum atomic E-state index is 14.3. The molecule has 0 bridgehead atoms. The smallest absolute Gasteiger partial charge is 0.306 e. The highest BCUT2D eigenvalue weighted by molar-refractivity contribution is 6.01. The van der Waals surface area contributed by atoms with Crippen molar-refractivity contribution in [3.8, 4) is 5.75 Å². The predicted octanol–water partition coefficient (Wildman–Crippen LogP) is 4.22. The summed E-state index contributed by atoms with van der Waals surface area (Å²) in [5, 5.41) is 15.9. The van der Waals surface area contributed by atoms with Crippen LogP contribution in [0.3, 0.4) is 0 Å². The number of rotatable bonds is 14.